The van der Waals surface area contributed by atoms with E-state index in [1.807, 2.05) is 0 Å². The monoisotopic (exact) mass is 314 g/mol. The van der Waals surface area contributed by atoms with E-state index in [2.05, 4.69) is 10.1 Å². The molecule has 4 N–H and O–H groups in total. The summed E-state index contributed by atoms with van der Waals surface area (Å²) in [5, 5.41) is 3.58. The van der Waals surface area contributed by atoms with Crippen LogP contribution in [-0.4, -0.2) is 29.3 Å². The minimum atomic E-state index is -0.664. The molecule has 0 aliphatic rings. The molecule has 1 aromatic carbocycles. The second kappa shape index (κ2) is 7.55. The summed E-state index contributed by atoms with van der Waals surface area (Å²) in [6.45, 7) is -0.217. The molecule has 2 rings (SSSR count). The summed E-state index contributed by atoms with van der Waals surface area (Å²) in [6.07, 6.45) is 2.90. The van der Waals surface area contributed by atoms with Gasteiger partial charge in [0.1, 0.15) is 5.75 Å². The van der Waals surface area contributed by atoms with Gasteiger partial charge in [-0.1, -0.05) is 5.16 Å². The Bertz CT molecular complexity index is 714. The summed E-state index contributed by atoms with van der Waals surface area (Å²) in [5.74, 6) is -0.767. The van der Waals surface area contributed by atoms with Crippen molar-refractivity contribution < 1.29 is 19.2 Å². The van der Waals surface area contributed by atoms with Crippen LogP contribution in [0.15, 0.2) is 53.9 Å². The number of aromatic nitrogens is 1. The molecule has 2 aromatic rings. The summed E-state index contributed by atoms with van der Waals surface area (Å²) in [4.78, 5) is 30.9. The standard InChI is InChI=1S/C15H14N4O4/c16-13(20)9-22-12-5-3-10(4-6-12)14(17)19-23-15(21)11-2-1-7-18-8-11/h1-8H,9H2,(H2,16,20)(H2,17,19). The maximum atomic E-state index is 11.7. The summed E-state index contributed by atoms with van der Waals surface area (Å²) in [6, 6.07) is 9.54. The first-order valence-corrected chi connectivity index (χ1v) is 6.52. The van der Waals surface area contributed by atoms with Gasteiger partial charge >= 0.3 is 5.97 Å². The normalized spacial score (nSPS) is 10.9. The molecular formula is C15H14N4O4. The molecule has 118 valence electrons. The number of hydrogen-bond donors (Lipinski definition) is 2. The van der Waals surface area contributed by atoms with Gasteiger partial charge in [-0.3, -0.25) is 9.78 Å². The van der Waals surface area contributed by atoms with Crippen molar-refractivity contribution in [2.45, 2.75) is 0 Å². The van der Waals surface area contributed by atoms with Crippen molar-refractivity contribution in [3.05, 3.63) is 59.9 Å². The molecule has 0 aliphatic heterocycles. The Morgan fingerprint density at radius 1 is 1.09 bits per heavy atom. The van der Waals surface area contributed by atoms with Crippen LogP contribution < -0.4 is 16.2 Å². The Morgan fingerprint density at radius 3 is 2.43 bits per heavy atom. The number of benzene rings is 1. The fourth-order valence-electron chi connectivity index (χ4n) is 1.56. The van der Waals surface area contributed by atoms with Crippen LogP contribution in [-0.2, 0) is 9.63 Å². The summed E-state index contributed by atoms with van der Waals surface area (Å²) in [7, 11) is 0. The zero-order valence-corrected chi connectivity index (χ0v) is 12.0. The SMILES string of the molecule is NC(=O)COc1ccc(/C(N)=N/OC(=O)c2cccnc2)cc1. The number of nitrogens with two attached hydrogens (primary N) is 2. The number of nitrogens with zero attached hydrogens (tertiary/aromatic N) is 2. The number of oxime groups is 1. The first-order valence-electron chi connectivity index (χ1n) is 6.52. The highest BCUT2D eigenvalue weighted by Crippen LogP contribution is 2.12. The molecule has 8 nitrogen and oxygen atoms in total. The summed E-state index contributed by atoms with van der Waals surface area (Å²) in [5.41, 5.74) is 11.5. The van der Waals surface area contributed by atoms with Gasteiger partial charge in [0.15, 0.2) is 12.4 Å². The maximum absolute atomic E-state index is 11.7. The van der Waals surface area contributed by atoms with Gasteiger partial charge in [-0.15, -0.1) is 0 Å². The number of hydrogen-bond acceptors (Lipinski definition) is 6. The first-order chi connectivity index (χ1) is 11.1. The highest BCUT2D eigenvalue weighted by molar-refractivity contribution is 5.98. The molecule has 1 aromatic heterocycles. The Kier molecular flexibility index (Phi) is 5.24. The number of amidine groups is 1. The summed E-state index contributed by atoms with van der Waals surface area (Å²) < 4.78 is 5.11. The smallest absolute Gasteiger partial charge is 0.367 e. The number of carbonyl (C=O) groups excluding carboxylic acids is 2. The van der Waals surface area contributed by atoms with Crippen molar-refractivity contribution in [1.82, 2.24) is 4.98 Å². The van der Waals surface area contributed by atoms with Crippen molar-refractivity contribution in [1.29, 1.82) is 0 Å². The van der Waals surface area contributed by atoms with Gasteiger partial charge < -0.3 is 21.0 Å². The average molecular weight is 314 g/mol. The second-order valence-electron chi connectivity index (χ2n) is 4.38. The van der Waals surface area contributed by atoms with E-state index in [4.69, 9.17) is 21.0 Å². The van der Waals surface area contributed by atoms with Crippen LogP contribution in [0.2, 0.25) is 0 Å². The number of ether oxygens (including phenoxy) is 1. The molecule has 0 bridgehead atoms. The highest BCUT2D eigenvalue weighted by atomic mass is 16.7. The Labute approximate surface area is 131 Å². The third kappa shape index (κ3) is 4.81. The molecule has 1 heterocycles. The van der Waals surface area contributed by atoms with E-state index in [9.17, 15) is 9.59 Å². The topological polar surface area (TPSA) is 130 Å². The van der Waals surface area contributed by atoms with E-state index in [-0.39, 0.29) is 18.0 Å². The van der Waals surface area contributed by atoms with Crippen LogP contribution in [0.3, 0.4) is 0 Å². The number of carbonyl (C=O) groups is 2. The minimum absolute atomic E-state index is 0.0173. The molecule has 0 saturated carbocycles. The number of pyridine rings is 1. The molecule has 0 spiro atoms. The van der Waals surface area contributed by atoms with Crippen molar-refractivity contribution in [3.63, 3.8) is 0 Å². The highest BCUT2D eigenvalue weighted by Gasteiger charge is 2.08. The van der Waals surface area contributed by atoms with Crippen molar-refractivity contribution in [2.24, 2.45) is 16.6 Å². The molecule has 0 aliphatic carbocycles. The molecule has 23 heavy (non-hydrogen) atoms. The quantitative estimate of drug-likeness (QED) is 0.344. The predicted octanol–water partition coefficient (Wildman–Crippen LogP) is 0.423. The van der Waals surface area contributed by atoms with Gasteiger partial charge in [-0.2, -0.15) is 0 Å². The number of rotatable bonds is 6. The van der Waals surface area contributed by atoms with Crippen LogP contribution in [0.5, 0.6) is 5.75 Å². The van der Waals surface area contributed by atoms with Gasteiger partial charge in [0.25, 0.3) is 5.91 Å². The van der Waals surface area contributed by atoms with E-state index < -0.39 is 11.9 Å². The molecule has 0 atom stereocenters. The molecule has 0 saturated heterocycles. The van der Waals surface area contributed by atoms with E-state index in [1.54, 1.807) is 36.4 Å². The lowest BCUT2D eigenvalue weighted by Gasteiger charge is -2.05. The zero-order valence-electron chi connectivity index (χ0n) is 12.0. The van der Waals surface area contributed by atoms with Crippen molar-refractivity contribution >= 4 is 17.7 Å². The summed E-state index contributed by atoms with van der Waals surface area (Å²) >= 11 is 0. The van der Waals surface area contributed by atoms with Gasteiger partial charge in [0.2, 0.25) is 0 Å². The fraction of sp³-hybridized carbons (Fsp3) is 0.0667. The van der Waals surface area contributed by atoms with E-state index in [1.165, 1.54) is 12.4 Å². The number of primary amides is 1. The second-order valence-corrected chi connectivity index (χ2v) is 4.38. The molecular weight excluding hydrogens is 300 g/mol. The van der Waals surface area contributed by atoms with Crippen LogP contribution in [0, 0.1) is 0 Å². The lowest BCUT2D eigenvalue weighted by atomic mass is 10.2. The predicted molar refractivity (Wildman–Crippen MR) is 81.5 cm³/mol. The number of amides is 1. The van der Waals surface area contributed by atoms with Crippen molar-refractivity contribution in [2.75, 3.05) is 6.61 Å². The zero-order chi connectivity index (χ0) is 16.7. The van der Waals surface area contributed by atoms with E-state index >= 15 is 0 Å². The van der Waals surface area contributed by atoms with Crippen LogP contribution in [0.1, 0.15) is 15.9 Å². The van der Waals surface area contributed by atoms with Gasteiger partial charge in [0.05, 0.1) is 5.56 Å². The van der Waals surface area contributed by atoms with E-state index in [0.29, 0.717) is 11.3 Å². The molecule has 0 unspecified atom stereocenters. The van der Waals surface area contributed by atoms with Crippen LogP contribution in [0.25, 0.3) is 0 Å². The first kappa shape index (κ1) is 16.0. The molecule has 0 fully saturated rings. The lowest BCUT2D eigenvalue weighted by molar-refractivity contribution is -0.119. The van der Waals surface area contributed by atoms with Gasteiger partial charge in [0, 0.05) is 18.0 Å². The molecule has 1 amide bonds. The molecule has 8 heteroatoms. The third-order valence-corrected chi connectivity index (χ3v) is 2.66. The largest absolute Gasteiger partial charge is 0.484 e. The van der Waals surface area contributed by atoms with Crippen LogP contribution in [0.4, 0.5) is 0 Å². The average Bonchev–Trinajstić information content (AvgIpc) is 2.58. The molecule has 0 radical (unpaired) electrons. The Morgan fingerprint density at radius 2 is 1.83 bits per heavy atom. The minimum Gasteiger partial charge on any atom is -0.484 e. The van der Waals surface area contributed by atoms with Gasteiger partial charge in [-0.25, -0.2) is 4.79 Å². The lowest BCUT2D eigenvalue weighted by Crippen LogP contribution is -2.20. The fourth-order valence-corrected chi connectivity index (χ4v) is 1.56. The van der Waals surface area contributed by atoms with Gasteiger partial charge in [-0.05, 0) is 36.4 Å². The third-order valence-electron chi connectivity index (χ3n) is 2.66. The maximum Gasteiger partial charge on any atom is 0.367 e. The Hall–Kier alpha value is -3.42. The Balaban J connectivity index is 1.98. The van der Waals surface area contributed by atoms with Crippen LogP contribution >= 0.6 is 0 Å². The van der Waals surface area contributed by atoms with Crippen molar-refractivity contribution in [3.8, 4) is 5.75 Å². The van der Waals surface area contributed by atoms with E-state index in [0.717, 1.165) is 0 Å².